The van der Waals surface area contributed by atoms with Crippen LogP contribution in [0, 0.1) is 5.92 Å². The summed E-state index contributed by atoms with van der Waals surface area (Å²) in [7, 11) is 0. The number of hydrogen-bond donors (Lipinski definition) is 2. The van der Waals surface area contributed by atoms with Crippen LogP contribution < -0.4 is 5.32 Å². The van der Waals surface area contributed by atoms with Gasteiger partial charge < -0.3 is 10.4 Å². The minimum absolute atomic E-state index is 0.360. The van der Waals surface area contributed by atoms with E-state index in [1.165, 1.54) is 12.0 Å². The first kappa shape index (κ1) is 8.57. The SMILES string of the molecule is CC1CNC(c2cccc(O)c2)C1. The normalized spacial score (nSPS) is 27.8. The summed E-state index contributed by atoms with van der Waals surface area (Å²) in [4.78, 5) is 0. The summed E-state index contributed by atoms with van der Waals surface area (Å²) in [6, 6.07) is 7.95. The summed E-state index contributed by atoms with van der Waals surface area (Å²) >= 11 is 0. The summed E-state index contributed by atoms with van der Waals surface area (Å²) in [5.41, 5.74) is 1.20. The Balaban J connectivity index is 2.16. The van der Waals surface area contributed by atoms with Gasteiger partial charge in [-0.25, -0.2) is 0 Å². The predicted molar refractivity (Wildman–Crippen MR) is 52.6 cm³/mol. The lowest BCUT2D eigenvalue weighted by Gasteiger charge is -2.10. The first-order valence-corrected chi connectivity index (χ1v) is 4.78. The zero-order valence-corrected chi connectivity index (χ0v) is 7.83. The van der Waals surface area contributed by atoms with Gasteiger partial charge in [0.1, 0.15) is 5.75 Å². The molecule has 1 fully saturated rings. The molecule has 2 unspecified atom stereocenters. The van der Waals surface area contributed by atoms with E-state index >= 15 is 0 Å². The standard InChI is InChI=1S/C11H15NO/c1-8-5-11(12-7-8)9-3-2-4-10(13)6-9/h2-4,6,8,11-13H,5,7H2,1H3. The molecule has 0 radical (unpaired) electrons. The molecule has 1 heterocycles. The van der Waals surface area contributed by atoms with Gasteiger partial charge in [0.25, 0.3) is 0 Å². The maximum atomic E-state index is 9.31. The Bertz CT molecular complexity index is 298. The van der Waals surface area contributed by atoms with Gasteiger partial charge in [-0.3, -0.25) is 0 Å². The van der Waals surface area contributed by atoms with Crippen LogP contribution in [-0.4, -0.2) is 11.7 Å². The Morgan fingerprint density at radius 1 is 1.46 bits per heavy atom. The van der Waals surface area contributed by atoms with E-state index in [0.29, 0.717) is 11.8 Å². The van der Waals surface area contributed by atoms with Gasteiger partial charge in [0, 0.05) is 6.04 Å². The maximum absolute atomic E-state index is 9.31. The van der Waals surface area contributed by atoms with Crippen molar-refractivity contribution in [2.75, 3.05) is 6.54 Å². The van der Waals surface area contributed by atoms with Crippen molar-refractivity contribution in [2.45, 2.75) is 19.4 Å². The third kappa shape index (κ3) is 1.83. The molecule has 13 heavy (non-hydrogen) atoms. The molecule has 2 heteroatoms. The third-order valence-electron chi connectivity index (χ3n) is 2.62. The van der Waals surface area contributed by atoms with Crippen molar-refractivity contribution in [3.8, 4) is 5.75 Å². The molecule has 70 valence electrons. The Morgan fingerprint density at radius 2 is 2.31 bits per heavy atom. The van der Waals surface area contributed by atoms with Gasteiger partial charge >= 0.3 is 0 Å². The van der Waals surface area contributed by atoms with Crippen molar-refractivity contribution in [3.05, 3.63) is 29.8 Å². The van der Waals surface area contributed by atoms with E-state index in [-0.39, 0.29) is 0 Å². The zero-order valence-electron chi connectivity index (χ0n) is 7.83. The average Bonchev–Trinajstić information content (AvgIpc) is 2.52. The molecular weight excluding hydrogens is 162 g/mol. The molecule has 0 bridgehead atoms. The predicted octanol–water partition coefficient (Wildman–Crippen LogP) is 2.06. The molecule has 0 aromatic heterocycles. The van der Waals surface area contributed by atoms with E-state index < -0.39 is 0 Å². The second-order valence-electron chi connectivity index (χ2n) is 3.90. The van der Waals surface area contributed by atoms with Crippen molar-refractivity contribution >= 4 is 0 Å². The quantitative estimate of drug-likeness (QED) is 0.688. The van der Waals surface area contributed by atoms with E-state index in [0.717, 1.165) is 12.5 Å². The molecule has 1 saturated heterocycles. The number of phenolic OH excluding ortho intramolecular Hbond substituents is 1. The summed E-state index contributed by atoms with van der Waals surface area (Å²) in [6.45, 7) is 3.33. The van der Waals surface area contributed by atoms with Crippen LogP contribution in [0.1, 0.15) is 24.9 Å². The van der Waals surface area contributed by atoms with E-state index in [1.54, 1.807) is 6.07 Å². The minimum atomic E-state index is 0.360. The summed E-state index contributed by atoms with van der Waals surface area (Å²) < 4.78 is 0. The molecular formula is C11H15NO. The monoisotopic (exact) mass is 177 g/mol. The fourth-order valence-corrected chi connectivity index (χ4v) is 1.91. The fraction of sp³-hybridized carbons (Fsp3) is 0.455. The highest BCUT2D eigenvalue weighted by molar-refractivity contribution is 5.29. The van der Waals surface area contributed by atoms with Gasteiger partial charge in [0.2, 0.25) is 0 Å². The molecule has 1 aromatic rings. The second kappa shape index (κ2) is 3.38. The fourth-order valence-electron chi connectivity index (χ4n) is 1.91. The van der Waals surface area contributed by atoms with Crippen LogP contribution in [-0.2, 0) is 0 Å². The van der Waals surface area contributed by atoms with Crippen molar-refractivity contribution in [3.63, 3.8) is 0 Å². The van der Waals surface area contributed by atoms with Gasteiger partial charge in [-0.1, -0.05) is 19.1 Å². The van der Waals surface area contributed by atoms with E-state index in [2.05, 4.69) is 18.3 Å². The molecule has 2 rings (SSSR count). The van der Waals surface area contributed by atoms with Gasteiger partial charge in [0.15, 0.2) is 0 Å². The second-order valence-corrected chi connectivity index (χ2v) is 3.90. The van der Waals surface area contributed by atoms with Crippen molar-refractivity contribution in [1.82, 2.24) is 5.32 Å². The summed E-state index contributed by atoms with van der Waals surface area (Å²) in [6.07, 6.45) is 1.17. The number of benzene rings is 1. The Hall–Kier alpha value is -1.02. The molecule has 0 aliphatic carbocycles. The van der Waals surface area contributed by atoms with Gasteiger partial charge in [0.05, 0.1) is 0 Å². The largest absolute Gasteiger partial charge is 0.508 e. The van der Waals surface area contributed by atoms with Gasteiger partial charge in [-0.2, -0.15) is 0 Å². The highest BCUT2D eigenvalue weighted by Gasteiger charge is 2.21. The lowest BCUT2D eigenvalue weighted by Crippen LogP contribution is -2.13. The first-order valence-electron chi connectivity index (χ1n) is 4.78. The minimum Gasteiger partial charge on any atom is -0.508 e. The summed E-state index contributed by atoms with van der Waals surface area (Å²) in [5.74, 6) is 1.10. The van der Waals surface area contributed by atoms with Crippen LogP contribution in [0.25, 0.3) is 0 Å². The summed E-state index contributed by atoms with van der Waals surface area (Å²) in [5, 5.41) is 12.8. The van der Waals surface area contributed by atoms with Crippen LogP contribution in [0.2, 0.25) is 0 Å². The molecule has 0 saturated carbocycles. The number of aromatic hydroxyl groups is 1. The Kier molecular flexibility index (Phi) is 2.23. The average molecular weight is 177 g/mol. The molecule has 1 aromatic carbocycles. The number of phenols is 1. The number of rotatable bonds is 1. The van der Waals surface area contributed by atoms with Crippen LogP contribution in [0.3, 0.4) is 0 Å². The van der Waals surface area contributed by atoms with E-state index in [4.69, 9.17) is 0 Å². The van der Waals surface area contributed by atoms with E-state index in [9.17, 15) is 5.11 Å². The first-order chi connectivity index (χ1) is 6.25. The van der Waals surface area contributed by atoms with Crippen LogP contribution in [0.15, 0.2) is 24.3 Å². The van der Waals surface area contributed by atoms with Crippen molar-refractivity contribution in [1.29, 1.82) is 0 Å². The topological polar surface area (TPSA) is 32.3 Å². The highest BCUT2D eigenvalue weighted by atomic mass is 16.3. The van der Waals surface area contributed by atoms with Crippen LogP contribution in [0.5, 0.6) is 5.75 Å². The molecule has 2 N–H and O–H groups in total. The van der Waals surface area contributed by atoms with Gasteiger partial charge in [-0.05, 0) is 36.6 Å². The lowest BCUT2D eigenvalue weighted by molar-refractivity contribution is 0.473. The molecule has 1 aliphatic heterocycles. The van der Waals surface area contributed by atoms with Crippen LogP contribution >= 0.6 is 0 Å². The number of nitrogens with one attached hydrogen (secondary N) is 1. The molecule has 2 atom stereocenters. The van der Waals surface area contributed by atoms with Crippen molar-refractivity contribution in [2.24, 2.45) is 5.92 Å². The smallest absolute Gasteiger partial charge is 0.115 e. The maximum Gasteiger partial charge on any atom is 0.115 e. The molecule has 1 aliphatic rings. The van der Waals surface area contributed by atoms with E-state index in [1.807, 2.05) is 12.1 Å². The van der Waals surface area contributed by atoms with Gasteiger partial charge in [-0.15, -0.1) is 0 Å². The Labute approximate surface area is 78.6 Å². The van der Waals surface area contributed by atoms with Crippen molar-refractivity contribution < 1.29 is 5.11 Å². The molecule has 2 nitrogen and oxygen atoms in total. The molecule has 0 amide bonds. The van der Waals surface area contributed by atoms with Crippen LogP contribution in [0.4, 0.5) is 0 Å². The number of hydrogen-bond acceptors (Lipinski definition) is 2. The Morgan fingerprint density at radius 3 is 2.92 bits per heavy atom. The zero-order chi connectivity index (χ0) is 9.26. The molecule has 0 spiro atoms. The highest BCUT2D eigenvalue weighted by Crippen LogP contribution is 2.28. The lowest BCUT2D eigenvalue weighted by atomic mass is 10.0. The third-order valence-corrected chi connectivity index (χ3v) is 2.62.